The van der Waals surface area contributed by atoms with Crippen LogP contribution in [0.4, 0.5) is 0 Å². The molecule has 0 aromatic carbocycles. The number of hydrogen-bond acceptors (Lipinski definition) is 0. The Morgan fingerprint density at radius 2 is 2.00 bits per heavy atom. The van der Waals surface area contributed by atoms with Crippen LogP contribution in [0.5, 0.6) is 0 Å². The molecule has 0 aromatic heterocycles. The first-order valence-electron chi connectivity index (χ1n) is 5.32. The number of unbranched alkanes of at least 4 members (excludes halogenated alkanes) is 1. The monoisotopic (exact) mass is 168 g/mol. The lowest BCUT2D eigenvalue weighted by Gasteiger charge is -2.02. The molecule has 0 rings (SSSR count). The molecule has 0 heteroatoms. The highest BCUT2D eigenvalue weighted by Gasteiger charge is 1.92. The third-order valence-corrected chi connectivity index (χ3v) is 2.16. The van der Waals surface area contributed by atoms with Crippen LogP contribution in [-0.4, -0.2) is 0 Å². The van der Waals surface area contributed by atoms with E-state index in [1.165, 1.54) is 32.1 Å². The van der Waals surface area contributed by atoms with Gasteiger partial charge in [-0.05, 0) is 38.5 Å². The van der Waals surface area contributed by atoms with E-state index < -0.39 is 0 Å². The Hall–Kier alpha value is -0.260. The van der Waals surface area contributed by atoms with Crippen LogP contribution in [0, 0.1) is 5.92 Å². The molecule has 0 aliphatic carbocycles. The van der Waals surface area contributed by atoms with Gasteiger partial charge in [0.25, 0.3) is 0 Å². The highest BCUT2D eigenvalue weighted by Crippen LogP contribution is 2.10. The molecule has 0 unspecified atom stereocenters. The molecule has 0 bridgehead atoms. The van der Waals surface area contributed by atoms with Gasteiger partial charge in [0.15, 0.2) is 0 Å². The predicted molar refractivity (Wildman–Crippen MR) is 57.4 cm³/mol. The van der Waals surface area contributed by atoms with Gasteiger partial charge >= 0.3 is 0 Å². The minimum Gasteiger partial charge on any atom is -0.0856 e. The Morgan fingerprint density at radius 1 is 1.33 bits per heavy atom. The highest BCUT2D eigenvalue weighted by atomic mass is 14.0. The zero-order valence-corrected chi connectivity index (χ0v) is 9.19. The maximum atomic E-state index is 2.41. The van der Waals surface area contributed by atoms with Crippen molar-refractivity contribution < 1.29 is 0 Å². The van der Waals surface area contributed by atoms with Crippen molar-refractivity contribution >= 4 is 0 Å². The number of rotatable bonds is 6. The molecule has 0 saturated carbocycles. The second-order valence-corrected chi connectivity index (χ2v) is 4.13. The molecule has 0 fully saturated rings. The van der Waals surface area contributed by atoms with Gasteiger partial charge in [-0.15, -0.1) is 0 Å². The predicted octanol–water partition coefficient (Wildman–Crippen LogP) is 4.56. The van der Waals surface area contributed by atoms with Gasteiger partial charge in [-0.25, -0.2) is 0 Å². The molecule has 0 spiro atoms. The molecule has 0 amide bonds. The van der Waals surface area contributed by atoms with E-state index in [0.717, 1.165) is 5.92 Å². The molecule has 0 aliphatic rings. The second-order valence-electron chi connectivity index (χ2n) is 4.13. The summed E-state index contributed by atoms with van der Waals surface area (Å²) in [4.78, 5) is 0. The fraction of sp³-hybridized carbons (Fsp3) is 0.833. The molecule has 0 radical (unpaired) electrons. The third kappa shape index (κ3) is 7.84. The summed E-state index contributed by atoms with van der Waals surface area (Å²) in [5.41, 5.74) is 1.58. The lowest BCUT2D eigenvalue weighted by molar-refractivity contribution is 0.592. The van der Waals surface area contributed by atoms with E-state index in [2.05, 4.69) is 33.8 Å². The summed E-state index contributed by atoms with van der Waals surface area (Å²) in [6.07, 6.45) is 8.99. The van der Waals surface area contributed by atoms with Gasteiger partial charge in [-0.1, -0.05) is 38.8 Å². The SMILES string of the molecule is CCCC/C(C)=C/CCC(C)C. The van der Waals surface area contributed by atoms with Crippen LogP contribution >= 0.6 is 0 Å². The van der Waals surface area contributed by atoms with E-state index in [-0.39, 0.29) is 0 Å². The summed E-state index contributed by atoms with van der Waals surface area (Å²) in [6.45, 7) is 9.09. The van der Waals surface area contributed by atoms with E-state index >= 15 is 0 Å². The molecule has 0 nitrogen and oxygen atoms in total. The lowest BCUT2D eigenvalue weighted by atomic mass is 10.0. The summed E-state index contributed by atoms with van der Waals surface area (Å²) < 4.78 is 0. The molecule has 0 saturated heterocycles. The first-order valence-corrected chi connectivity index (χ1v) is 5.32. The number of allylic oxidation sites excluding steroid dienone is 2. The smallest absolute Gasteiger partial charge is 0.0323 e. The molecule has 0 N–H and O–H groups in total. The average Bonchev–Trinajstić information content (AvgIpc) is 2.00. The van der Waals surface area contributed by atoms with Crippen molar-refractivity contribution in [2.75, 3.05) is 0 Å². The molecule has 12 heavy (non-hydrogen) atoms. The van der Waals surface area contributed by atoms with Crippen molar-refractivity contribution in [1.82, 2.24) is 0 Å². The van der Waals surface area contributed by atoms with Crippen molar-refractivity contribution in [1.29, 1.82) is 0 Å². The van der Waals surface area contributed by atoms with Crippen molar-refractivity contribution in [3.05, 3.63) is 11.6 Å². The van der Waals surface area contributed by atoms with Crippen LogP contribution in [0.3, 0.4) is 0 Å². The first kappa shape index (κ1) is 11.7. The van der Waals surface area contributed by atoms with E-state index in [0.29, 0.717) is 0 Å². The van der Waals surface area contributed by atoms with Gasteiger partial charge in [-0.2, -0.15) is 0 Å². The maximum Gasteiger partial charge on any atom is -0.0323 e. The summed E-state index contributed by atoms with van der Waals surface area (Å²) in [6, 6.07) is 0. The van der Waals surface area contributed by atoms with Crippen LogP contribution in [0.2, 0.25) is 0 Å². The molecule has 0 heterocycles. The van der Waals surface area contributed by atoms with Gasteiger partial charge < -0.3 is 0 Å². The first-order chi connectivity index (χ1) is 5.66. The largest absolute Gasteiger partial charge is 0.0856 e. The normalized spacial score (nSPS) is 12.6. The highest BCUT2D eigenvalue weighted by molar-refractivity contribution is 4.97. The van der Waals surface area contributed by atoms with Crippen molar-refractivity contribution in [2.24, 2.45) is 5.92 Å². The van der Waals surface area contributed by atoms with Crippen LogP contribution in [0.15, 0.2) is 11.6 Å². The zero-order valence-electron chi connectivity index (χ0n) is 9.19. The Labute approximate surface area is 78.1 Å². The third-order valence-electron chi connectivity index (χ3n) is 2.16. The van der Waals surface area contributed by atoms with Crippen LogP contribution in [0.1, 0.15) is 59.8 Å². The standard InChI is InChI=1S/C12H24/c1-5-6-9-12(4)10-7-8-11(2)3/h10-11H,5-9H2,1-4H3/b12-10+. The Morgan fingerprint density at radius 3 is 2.50 bits per heavy atom. The van der Waals surface area contributed by atoms with E-state index in [4.69, 9.17) is 0 Å². The minimum atomic E-state index is 0.847. The average molecular weight is 168 g/mol. The fourth-order valence-corrected chi connectivity index (χ4v) is 1.22. The fourth-order valence-electron chi connectivity index (χ4n) is 1.22. The quantitative estimate of drug-likeness (QED) is 0.510. The molecule has 0 aromatic rings. The van der Waals surface area contributed by atoms with Crippen molar-refractivity contribution in [3.8, 4) is 0 Å². The molecular weight excluding hydrogens is 144 g/mol. The van der Waals surface area contributed by atoms with Gasteiger partial charge in [0.2, 0.25) is 0 Å². The van der Waals surface area contributed by atoms with Crippen LogP contribution in [0.25, 0.3) is 0 Å². The van der Waals surface area contributed by atoms with Gasteiger partial charge in [0, 0.05) is 0 Å². The van der Waals surface area contributed by atoms with Crippen molar-refractivity contribution in [2.45, 2.75) is 59.8 Å². The van der Waals surface area contributed by atoms with E-state index in [9.17, 15) is 0 Å². The van der Waals surface area contributed by atoms with Gasteiger partial charge in [0.1, 0.15) is 0 Å². The topological polar surface area (TPSA) is 0 Å². The summed E-state index contributed by atoms with van der Waals surface area (Å²) in [5, 5.41) is 0. The summed E-state index contributed by atoms with van der Waals surface area (Å²) in [7, 11) is 0. The van der Waals surface area contributed by atoms with E-state index in [1.54, 1.807) is 5.57 Å². The molecule has 0 aliphatic heterocycles. The molecule has 72 valence electrons. The Bertz CT molecular complexity index is 120. The van der Waals surface area contributed by atoms with Crippen LogP contribution in [-0.2, 0) is 0 Å². The second kappa shape index (κ2) is 7.39. The molecule has 0 atom stereocenters. The summed E-state index contributed by atoms with van der Waals surface area (Å²) in [5.74, 6) is 0.847. The maximum absolute atomic E-state index is 2.41. The van der Waals surface area contributed by atoms with Crippen LogP contribution < -0.4 is 0 Å². The zero-order chi connectivity index (χ0) is 9.40. The minimum absolute atomic E-state index is 0.847. The van der Waals surface area contributed by atoms with Gasteiger partial charge in [0.05, 0.1) is 0 Å². The number of hydrogen-bond donors (Lipinski definition) is 0. The Balaban J connectivity index is 3.41. The van der Waals surface area contributed by atoms with Gasteiger partial charge in [-0.3, -0.25) is 0 Å². The Kier molecular flexibility index (Phi) is 7.23. The lowest BCUT2D eigenvalue weighted by Crippen LogP contribution is -1.85. The van der Waals surface area contributed by atoms with E-state index in [1.807, 2.05) is 0 Å². The summed E-state index contributed by atoms with van der Waals surface area (Å²) >= 11 is 0. The van der Waals surface area contributed by atoms with Crippen molar-refractivity contribution in [3.63, 3.8) is 0 Å². The molecular formula is C12H24.